The first-order chi connectivity index (χ1) is 8.56. The number of hydrogen-bond acceptors (Lipinski definition) is 2. The smallest absolute Gasteiger partial charge is 0.303 e. The van der Waals surface area contributed by atoms with Gasteiger partial charge >= 0.3 is 5.97 Å². The third kappa shape index (κ3) is 3.37. The van der Waals surface area contributed by atoms with Gasteiger partial charge in [0.05, 0.1) is 10.0 Å². The number of halogens is 2. The van der Waals surface area contributed by atoms with Gasteiger partial charge in [-0.2, -0.15) is 0 Å². The van der Waals surface area contributed by atoms with E-state index in [1.165, 1.54) is 0 Å². The second kappa shape index (κ2) is 5.91. The lowest BCUT2D eigenvalue weighted by molar-refractivity contribution is -0.138. The molecule has 1 aliphatic rings. The van der Waals surface area contributed by atoms with Crippen LogP contribution >= 0.6 is 23.2 Å². The first kappa shape index (κ1) is 13.7. The van der Waals surface area contributed by atoms with Gasteiger partial charge in [0.15, 0.2) is 0 Å². The number of carboxylic acids is 1. The minimum absolute atomic E-state index is 0.250. The third-order valence-corrected chi connectivity index (χ3v) is 4.12. The molecule has 1 unspecified atom stereocenters. The molecular formula is C13H15Cl2NO2. The molecule has 1 atom stereocenters. The van der Waals surface area contributed by atoms with Crippen molar-refractivity contribution in [3.63, 3.8) is 0 Å². The van der Waals surface area contributed by atoms with Crippen LogP contribution in [0.15, 0.2) is 18.2 Å². The topological polar surface area (TPSA) is 40.5 Å². The molecule has 1 fully saturated rings. The predicted octanol–water partition coefficient (Wildman–Crippen LogP) is 3.29. The molecule has 0 amide bonds. The molecule has 0 aromatic heterocycles. The average molecular weight is 288 g/mol. The summed E-state index contributed by atoms with van der Waals surface area (Å²) in [6, 6.07) is 5.61. The minimum atomic E-state index is -0.720. The molecule has 1 aromatic rings. The second-order valence-corrected chi connectivity index (χ2v) is 5.49. The molecule has 1 aromatic carbocycles. The van der Waals surface area contributed by atoms with Gasteiger partial charge in [0.25, 0.3) is 0 Å². The summed E-state index contributed by atoms with van der Waals surface area (Å²) >= 11 is 12.1. The summed E-state index contributed by atoms with van der Waals surface area (Å²) in [4.78, 5) is 12.9. The Morgan fingerprint density at radius 2 is 2.22 bits per heavy atom. The SMILES string of the molecule is O=C(O)CC1CCN(Cc2cccc(Cl)c2Cl)C1. The second-order valence-electron chi connectivity index (χ2n) is 4.70. The summed E-state index contributed by atoms with van der Waals surface area (Å²) in [6.07, 6.45) is 1.18. The highest BCUT2D eigenvalue weighted by Crippen LogP contribution is 2.28. The molecule has 0 radical (unpaired) electrons. The zero-order valence-corrected chi connectivity index (χ0v) is 11.4. The molecule has 5 heteroatoms. The summed E-state index contributed by atoms with van der Waals surface area (Å²) in [6.45, 7) is 2.46. The van der Waals surface area contributed by atoms with Crippen LogP contribution in [0, 0.1) is 5.92 Å². The van der Waals surface area contributed by atoms with Crippen LogP contribution in [-0.2, 0) is 11.3 Å². The zero-order chi connectivity index (χ0) is 13.1. The lowest BCUT2D eigenvalue weighted by Crippen LogP contribution is -2.21. The van der Waals surface area contributed by atoms with E-state index in [0.29, 0.717) is 10.0 Å². The molecule has 1 saturated heterocycles. The predicted molar refractivity (Wildman–Crippen MR) is 72.1 cm³/mol. The Hall–Kier alpha value is -0.770. The molecule has 0 saturated carbocycles. The van der Waals surface area contributed by atoms with E-state index in [1.54, 1.807) is 6.07 Å². The van der Waals surface area contributed by atoms with Crippen LogP contribution in [0.25, 0.3) is 0 Å². The lowest BCUT2D eigenvalue weighted by atomic mass is 10.1. The first-order valence-corrected chi connectivity index (χ1v) is 6.69. The van der Waals surface area contributed by atoms with Crippen molar-refractivity contribution in [2.75, 3.05) is 13.1 Å². The standard InChI is InChI=1S/C13H15Cl2NO2/c14-11-3-1-2-10(13(11)15)8-16-5-4-9(7-16)6-12(17)18/h1-3,9H,4-8H2,(H,17,18). The van der Waals surface area contributed by atoms with Crippen molar-refractivity contribution in [3.8, 4) is 0 Å². The van der Waals surface area contributed by atoms with Gasteiger partial charge < -0.3 is 5.11 Å². The van der Waals surface area contributed by atoms with Crippen molar-refractivity contribution in [1.29, 1.82) is 0 Å². The van der Waals surface area contributed by atoms with Crippen LogP contribution in [0.5, 0.6) is 0 Å². The number of carboxylic acid groups (broad SMARTS) is 1. The Balaban J connectivity index is 1.95. The van der Waals surface area contributed by atoms with Crippen molar-refractivity contribution in [3.05, 3.63) is 33.8 Å². The van der Waals surface area contributed by atoms with Crippen LogP contribution in [0.1, 0.15) is 18.4 Å². The maximum Gasteiger partial charge on any atom is 0.303 e. The molecule has 0 aliphatic carbocycles. The maximum absolute atomic E-state index is 10.7. The molecule has 98 valence electrons. The number of hydrogen-bond donors (Lipinski definition) is 1. The number of benzene rings is 1. The Morgan fingerprint density at radius 3 is 2.94 bits per heavy atom. The van der Waals surface area contributed by atoms with Gasteiger partial charge in [-0.1, -0.05) is 35.3 Å². The fourth-order valence-corrected chi connectivity index (χ4v) is 2.76. The lowest BCUT2D eigenvalue weighted by Gasteiger charge is -2.16. The highest BCUT2D eigenvalue weighted by molar-refractivity contribution is 6.42. The van der Waals surface area contributed by atoms with Gasteiger partial charge in [0.1, 0.15) is 0 Å². The average Bonchev–Trinajstić information content (AvgIpc) is 2.71. The monoisotopic (exact) mass is 287 g/mol. The molecule has 0 bridgehead atoms. The summed E-state index contributed by atoms with van der Waals surface area (Å²) in [5.74, 6) is -0.469. The van der Waals surface area contributed by atoms with Crippen LogP contribution in [-0.4, -0.2) is 29.1 Å². The molecular weight excluding hydrogens is 273 g/mol. The molecule has 2 rings (SSSR count). The van der Waals surface area contributed by atoms with Crippen LogP contribution in [0.4, 0.5) is 0 Å². The molecule has 18 heavy (non-hydrogen) atoms. The third-order valence-electron chi connectivity index (χ3n) is 3.26. The van der Waals surface area contributed by atoms with Gasteiger partial charge in [-0.25, -0.2) is 0 Å². The van der Waals surface area contributed by atoms with Crippen molar-refractivity contribution < 1.29 is 9.90 Å². The minimum Gasteiger partial charge on any atom is -0.481 e. The van der Waals surface area contributed by atoms with E-state index in [9.17, 15) is 4.79 Å². The van der Waals surface area contributed by atoms with Gasteiger partial charge in [0, 0.05) is 19.5 Å². The van der Waals surface area contributed by atoms with E-state index < -0.39 is 5.97 Å². The fraction of sp³-hybridized carbons (Fsp3) is 0.462. The molecule has 3 nitrogen and oxygen atoms in total. The van der Waals surface area contributed by atoms with Gasteiger partial charge in [-0.05, 0) is 30.5 Å². The van der Waals surface area contributed by atoms with E-state index in [4.69, 9.17) is 28.3 Å². The van der Waals surface area contributed by atoms with Crippen LogP contribution in [0.2, 0.25) is 10.0 Å². The van der Waals surface area contributed by atoms with E-state index in [-0.39, 0.29) is 12.3 Å². The number of carbonyl (C=O) groups is 1. The Bertz CT molecular complexity index is 451. The highest BCUT2D eigenvalue weighted by Gasteiger charge is 2.24. The van der Waals surface area contributed by atoms with Gasteiger partial charge in [-0.3, -0.25) is 9.69 Å². The van der Waals surface area contributed by atoms with Gasteiger partial charge in [-0.15, -0.1) is 0 Å². The van der Waals surface area contributed by atoms with Crippen molar-refractivity contribution >= 4 is 29.2 Å². The first-order valence-electron chi connectivity index (χ1n) is 5.93. The zero-order valence-electron chi connectivity index (χ0n) is 9.90. The van der Waals surface area contributed by atoms with E-state index in [1.807, 2.05) is 12.1 Å². The molecule has 1 heterocycles. The molecule has 0 spiro atoms. The Labute approximate surface area is 116 Å². The number of aliphatic carboxylic acids is 1. The molecule has 1 aliphatic heterocycles. The summed E-state index contributed by atoms with van der Waals surface area (Å²) in [5, 5.41) is 9.94. The van der Waals surface area contributed by atoms with Crippen molar-refractivity contribution in [1.82, 2.24) is 4.90 Å². The van der Waals surface area contributed by atoms with E-state index in [2.05, 4.69) is 4.90 Å². The van der Waals surface area contributed by atoms with E-state index >= 15 is 0 Å². The number of likely N-dealkylation sites (tertiary alicyclic amines) is 1. The highest BCUT2D eigenvalue weighted by atomic mass is 35.5. The summed E-state index contributed by atoms with van der Waals surface area (Å²) in [7, 11) is 0. The molecule has 1 N–H and O–H groups in total. The van der Waals surface area contributed by atoms with Crippen LogP contribution < -0.4 is 0 Å². The normalized spacial score (nSPS) is 20.2. The Kier molecular flexibility index (Phi) is 4.49. The number of nitrogens with zero attached hydrogens (tertiary/aromatic N) is 1. The quantitative estimate of drug-likeness (QED) is 0.924. The Morgan fingerprint density at radius 1 is 1.44 bits per heavy atom. The van der Waals surface area contributed by atoms with Crippen LogP contribution in [0.3, 0.4) is 0 Å². The summed E-state index contributed by atoms with van der Waals surface area (Å²) in [5.41, 5.74) is 1.00. The van der Waals surface area contributed by atoms with Gasteiger partial charge in [0.2, 0.25) is 0 Å². The number of rotatable bonds is 4. The largest absolute Gasteiger partial charge is 0.481 e. The maximum atomic E-state index is 10.7. The summed E-state index contributed by atoms with van der Waals surface area (Å²) < 4.78 is 0. The fourth-order valence-electron chi connectivity index (χ4n) is 2.38. The van der Waals surface area contributed by atoms with Crippen molar-refractivity contribution in [2.45, 2.75) is 19.4 Å². The van der Waals surface area contributed by atoms with Crippen molar-refractivity contribution in [2.24, 2.45) is 5.92 Å². The van der Waals surface area contributed by atoms with E-state index in [0.717, 1.165) is 31.6 Å².